The molecule has 110 valence electrons. The van der Waals surface area contributed by atoms with E-state index in [-0.39, 0.29) is 11.7 Å². The number of amidine groups is 2. The van der Waals surface area contributed by atoms with Crippen LogP contribution in [0.1, 0.15) is 11.7 Å². The highest BCUT2D eigenvalue weighted by Crippen LogP contribution is 2.08. The van der Waals surface area contributed by atoms with Crippen LogP contribution in [0.4, 0.5) is 0 Å². The second kappa shape index (κ2) is 6.22. The summed E-state index contributed by atoms with van der Waals surface area (Å²) in [5.41, 5.74) is 0. The van der Waals surface area contributed by atoms with E-state index in [9.17, 15) is 8.42 Å². The molecule has 0 aliphatic carbocycles. The Morgan fingerprint density at radius 3 is 2.75 bits per heavy atom. The van der Waals surface area contributed by atoms with E-state index in [1.165, 1.54) is 7.05 Å². The molecule has 2 N–H and O–H groups in total. The van der Waals surface area contributed by atoms with Crippen LogP contribution in [0, 0.1) is 6.92 Å². The van der Waals surface area contributed by atoms with Crippen molar-refractivity contribution in [1.29, 1.82) is 0 Å². The monoisotopic (exact) mass is 318 g/mol. The zero-order valence-corrected chi connectivity index (χ0v) is 12.6. The summed E-state index contributed by atoms with van der Waals surface area (Å²) < 4.78 is 31.9. The topological polar surface area (TPSA) is 122 Å². The molecule has 2 heterocycles. The Hall–Kier alpha value is -1.62. The quantitative estimate of drug-likeness (QED) is 0.704. The van der Waals surface area contributed by atoms with Gasteiger partial charge in [0.05, 0.1) is 12.3 Å². The van der Waals surface area contributed by atoms with E-state index >= 15 is 0 Å². The van der Waals surface area contributed by atoms with Crippen LogP contribution in [0.5, 0.6) is 0 Å². The van der Waals surface area contributed by atoms with Crippen LogP contribution >= 0.6 is 11.8 Å². The summed E-state index contributed by atoms with van der Waals surface area (Å²) in [7, 11) is -2.05. The summed E-state index contributed by atoms with van der Waals surface area (Å²) in [5, 5.41) is 3.77. The van der Waals surface area contributed by atoms with Crippen LogP contribution < -0.4 is 9.44 Å². The summed E-state index contributed by atoms with van der Waals surface area (Å²) in [6.45, 7) is 2.19. The number of hydrogen-bond donors (Lipinski definition) is 2. The van der Waals surface area contributed by atoms with E-state index in [4.69, 9.17) is 4.52 Å². The van der Waals surface area contributed by atoms with Crippen molar-refractivity contribution < 1.29 is 12.9 Å². The highest BCUT2D eigenvalue weighted by atomic mass is 32.2. The fraction of sp³-hybridized carbons (Fsp3) is 0.556. The summed E-state index contributed by atoms with van der Waals surface area (Å²) in [6, 6.07) is 0. The van der Waals surface area contributed by atoms with Crippen molar-refractivity contribution in [2.24, 2.45) is 9.98 Å². The molecule has 1 saturated heterocycles. The zero-order chi connectivity index (χ0) is 14.6. The molecule has 0 spiro atoms. The fourth-order valence-electron chi connectivity index (χ4n) is 1.42. The SMILES string of the molecule is CN=C1NS(=O)(=O)NC1=NCCSCc1noc(C)n1. The molecule has 0 bridgehead atoms. The Morgan fingerprint density at radius 2 is 2.10 bits per heavy atom. The molecule has 0 radical (unpaired) electrons. The largest absolute Gasteiger partial charge is 0.340 e. The lowest BCUT2D eigenvalue weighted by Crippen LogP contribution is -2.24. The molecular formula is C9H14N6O3S2. The predicted molar refractivity (Wildman–Crippen MR) is 76.0 cm³/mol. The molecule has 1 aromatic heterocycles. The molecule has 1 fully saturated rings. The number of rotatable bonds is 5. The van der Waals surface area contributed by atoms with Gasteiger partial charge in [0.1, 0.15) is 0 Å². The minimum absolute atomic E-state index is 0.226. The van der Waals surface area contributed by atoms with Crippen LogP contribution in [0.25, 0.3) is 0 Å². The van der Waals surface area contributed by atoms with Crippen LogP contribution in [0.2, 0.25) is 0 Å². The molecule has 9 nitrogen and oxygen atoms in total. The zero-order valence-electron chi connectivity index (χ0n) is 11.0. The highest BCUT2D eigenvalue weighted by Gasteiger charge is 2.27. The summed E-state index contributed by atoms with van der Waals surface area (Å²) >= 11 is 1.58. The van der Waals surface area contributed by atoms with Crippen molar-refractivity contribution in [2.45, 2.75) is 12.7 Å². The Labute approximate surface area is 120 Å². The first-order valence-corrected chi connectivity index (χ1v) is 8.33. The molecule has 0 amide bonds. The Morgan fingerprint density at radius 1 is 1.35 bits per heavy atom. The highest BCUT2D eigenvalue weighted by molar-refractivity contribution is 7.98. The number of aliphatic imine (C=N–C) groups is 2. The molecule has 0 aromatic carbocycles. The van der Waals surface area contributed by atoms with Crippen molar-refractivity contribution >= 4 is 33.6 Å². The first-order chi connectivity index (χ1) is 9.50. The van der Waals surface area contributed by atoms with Crippen LogP contribution in [0.15, 0.2) is 14.5 Å². The van der Waals surface area contributed by atoms with Gasteiger partial charge in [-0.1, -0.05) is 5.16 Å². The number of hydrogen-bond acceptors (Lipinski definition) is 8. The number of nitrogens with zero attached hydrogens (tertiary/aromatic N) is 4. The second-order valence-electron chi connectivity index (χ2n) is 3.79. The van der Waals surface area contributed by atoms with Crippen molar-refractivity contribution in [3.8, 4) is 0 Å². The van der Waals surface area contributed by atoms with E-state index in [1.807, 2.05) is 0 Å². The minimum atomic E-state index is -3.54. The number of aromatic nitrogens is 2. The maximum atomic E-state index is 11.3. The van der Waals surface area contributed by atoms with Gasteiger partial charge in [-0.3, -0.25) is 9.98 Å². The van der Waals surface area contributed by atoms with Crippen molar-refractivity contribution in [2.75, 3.05) is 19.3 Å². The molecule has 0 saturated carbocycles. The van der Waals surface area contributed by atoms with E-state index in [1.54, 1.807) is 18.7 Å². The first kappa shape index (κ1) is 14.8. The van der Waals surface area contributed by atoms with Gasteiger partial charge in [0.25, 0.3) is 0 Å². The van der Waals surface area contributed by atoms with Gasteiger partial charge < -0.3 is 4.52 Å². The number of nitrogens with one attached hydrogen (secondary N) is 2. The standard InChI is InChI=1S/C9H14N6O3S2/c1-6-12-7(13-18-6)5-19-4-3-11-9-8(10-2)14-20(16,17)15-9/h3-5H2,1-2H3,(H,10,14)(H,11,15). The third kappa shape index (κ3) is 3.93. The summed E-state index contributed by atoms with van der Waals surface area (Å²) in [5.74, 6) is 2.97. The lowest BCUT2D eigenvalue weighted by molar-refractivity contribution is 0.389. The average molecular weight is 318 g/mol. The van der Waals surface area contributed by atoms with E-state index in [2.05, 4.69) is 29.6 Å². The van der Waals surface area contributed by atoms with Gasteiger partial charge in [-0.05, 0) is 0 Å². The maximum Gasteiger partial charge on any atom is 0.324 e. The molecule has 1 aliphatic heterocycles. The third-order valence-electron chi connectivity index (χ3n) is 2.22. The smallest absolute Gasteiger partial charge is 0.324 e. The van der Waals surface area contributed by atoms with Crippen molar-refractivity contribution in [1.82, 2.24) is 19.6 Å². The van der Waals surface area contributed by atoms with E-state index in [0.29, 0.717) is 29.8 Å². The lowest BCUT2D eigenvalue weighted by atomic mass is 10.5. The van der Waals surface area contributed by atoms with Crippen molar-refractivity contribution in [3.05, 3.63) is 11.7 Å². The minimum Gasteiger partial charge on any atom is -0.340 e. The Kier molecular flexibility index (Phi) is 4.60. The maximum absolute atomic E-state index is 11.3. The predicted octanol–water partition coefficient (Wildman–Crippen LogP) is -0.524. The van der Waals surface area contributed by atoms with Crippen LogP contribution in [-0.2, 0) is 16.0 Å². The normalized spacial score (nSPS) is 21.1. The second-order valence-corrected chi connectivity index (χ2v) is 6.31. The third-order valence-corrected chi connectivity index (χ3v) is 4.07. The fourth-order valence-corrected chi connectivity index (χ4v) is 2.99. The average Bonchev–Trinajstić information content (AvgIpc) is 2.92. The van der Waals surface area contributed by atoms with Gasteiger partial charge in [-0.15, -0.1) is 0 Å². The Balaban J connectivity index is 1.79. The summed E-state index contributed by atoms with van der Waals surface area (Å²) in [6.07, 6.45) is 0. The van der Waals surface area contributed by atoms with E-state index < -0.39 is 10.2 Å². The summed E-state index contributed by atoms with van der Waals surface area (Å²) in [4.78, 5) is 12.0. The van der Waals surface area contributed by atoms with Gasteiger partial charge in [-0.2, -0.15) is 25.2 Å². The van der Waals surface area contributed by atoms with Gasteiger partial charge >= 0.3 is 10.2 Å². The van der Waals surface area contributed by atoms with Gasteiger partial charge in [0.2, 0.25) is 5.89 Å². The number of thioether (sulfide) groups is 1. The van der Waals surface area contributed by atoms with Crippen molar-refractivity contribution in [3.63, 3.8) is 0 Å². The molecule has 20 heavy (non-hydrogen) atoms. The van der Waals surface area contributed by atoms with Gasteiger partial charge in [0, 0.05) is 19.7 Å². The molecular weight excluding hydrogens is 304 g/mol. The molecule has 1 aromatic rings. The van der Waals surface area contributed by atoms with E-state index in [0.717, 1.165) is 0 Å². The first-order valence-electron chi connectivity index (χ1n) is 5.69. The number of aryl methyl sites for hydroxylation is 1. The van der Waals surface area contributed by atoms with Crippen LogP contribution in [-0.4, -0.2) is 49.6 Å². The van der Waals surface area contributed by atoms with Gasteiger partial charge in [0.15, 0.2) is 17.5 Å². The molecule has 1 aliphatic rings. The molecule has 11 heteroatoms. The Bertz CT molecular complexity index is 636. The molecule has 0 unspecified atom stereocenters. The van der Waals surface area contributed by atoms with Crippen LogP contribution in [0.3, 0.4) is 0 Å². The molecule has 2 rings (SSSR count). The van der Waals surface area contributed by atoms with Gasteiger partial charge in [-0.25, -0.2) is 9.44 Å². The lowest BCUT2D eigenvalue weighted by Gasteiger charge is -1.97. The molecule has 0 atom stereocenters.